The summed E-state index contributed by atoms with van der Waals surface area (Å²) in [6.45, 7) is 2.67. The molecule has 1 aromatic carbocycles. The predicted octanol–water partition coefficient (Wildman–Crippen LogP) is 2.02. The van der Waals surface area contributed by atoms with Crippen LogP contribution in [0.1, 0.15) is 10.5 Å². The van der Waals surface area contributed by atoms with Crippen LogP contribution in [0.15, 0.2) is 41.0 Å². The molecule has 2 aromatic rings. The van der Waals surface area contributed by atoms with Crippen molar-refractivity contribution in [1.82, 2.24) is 20.4 Å². The third-order valence-electron chi connectivity index (χ3n) is 2.96. The maximum atomic E-state index is 12.0. The number of nitrogens with zero attached hydrogens (tertiary/aromatic N) is 2. The molecule has 1 heterocycles. The normalized spacial score (nSPS) is 10.2. The van der Waals surface area contributed by atoms with E-state index in [1.807, 2.05) is 24.3 Å². The molecule has 0 spiro atoms. The summed E-state index contributed by atoms with van der Waals surface area (Å²) in [7, 11) is 1.66. The quantitative estimate of drug-likeness (QED) is 0.662. The number of carbonyl (C=O) groups excluding carboxylic acids is 1. The van der Waals surface area contributed by atoms with Gasteiger partial charge in [-0.25, -0.2) is 4.68 Å². The molecule has 0 aliphatic rings. The average Bonchev–Trinajstić information content (AvgIpc) is 3.00. The fraction of sp³-hybridized carbons (Fsp3) is 0.333. The number of halogens is 2. The third-order valence-corrected chi connectivity index (χ3v) is 3.46. The number of ether oxygens (including phenoxy) is 1. The zero-order valence-electron chi connectivity index (χ0n) is 12.8. The minimum atomic E-state index is -0.178. The first-order valence-electron chi connectivity index (χ1n) is 7.00. The maximum absolute atomic E-state index is 12.0. The molecule has 2 rings (SSSR count). The highest BCUT2D eigenvalue weighted by molar-refractivity contribution is 9.10. The molecular weight excluding hydrogens is 384 g/mol. The molecule has 23 heavy (non-hydrogen) atoms. The molecular formula is C15H20BrClN4O2. The number of nitrogens with one attached hydrogen (secondary N) is 2. The van der Waals surface area contributed by atoms with Crippen molar-refractivity contribution in [3.63, 3.8) is 0 Å². The van der Waals surface area contributed by atoms with Crippen LogP contribution in [0, 0.1) is 0 Å². The van der Waals surface area contributed by atoms with E-state index < -0.39 is 0 Å². The Morgan fingerprint density at radius 3 is 2.87 bits per heavy atom. The topological polar surface area (TPSA) is 68.2 Å². The van der Waals surface area contributed by atoms with Crippen molar-refractivity contribution in [2.45, 2.75) is 0 Å². The van der Waals surface area contributed by atoms with Crippen LogP contribution < -0.4 is 10.6 Å². The molecule has 1 aromatic heterocycles. The Morgan fingerprint density at radius 2 is 2.13 bits per heavy atom. The molecule has 6 nitrogen and oxygen atoms in total. The highest BCUT2D eigenvalue weighted by atomic mass is 79.9. The van der Waals surface area contributed by atoms with Gasteiger partial charge in [0.2, 0.25) is 0 Å². The number of methoxy groups -OCH3 is 1. The van der Waals surface area contributed by atoms with Crippen molar-refractivity contribution < 1.29 is 9.53 Å². The summed E-state index contributed by atoms with van der Waals surface area (Å²) in [6, 6.07) is 9.44. The van der Waals surface area contributed by atoms with E-state index >= 15 is 0 Å². The second kappa shape index (κ2) is 10.4. The van der Waals surface area contributed by atoms with Crippen LogP contribution in [0.3, 0.4) is 0 Å². The number of hydrogen-bond acceptors (Lipinski definition) is 4. The number of hydrogen-bond donors (Lipinski definition) is 2. The van der Waals surface area contributed by atoms with Crippen molar-refractivity contribution in [3.05, 3.63) is 46.7 Å². The minimum absolute atomic E-state index is 0. The lowest BCUT2D eigenvalue weighted by Crippen LogP contribution is -2.33. The second-order valence-corrected chi connectivity index (χ2v) is 5.54. The smallest absolute Gasteiger partial charge is 0.271 e. The number of rotatable bonds is 8. The molecule has 126 valence electrons. The van der Waals surface area contributed by atoms with Crippen LogP contribution in [0.25, 0.3) is 5.69 Å². The van der Waals surface area contributed by atoms with Gasteiger partial charge in [-0.15, -0.1) is 12.4 Å². The fourth-order valence-electron chi connectivity index (χ4n) is 1.86. The summed E-state index contributed by atoms with van der Waals surface area (Å²) >= 11 is 3.42. The first kappa shape index (κ1) is 19.6. The van der Waals surface area contributed by atoms with Gasteiger partial charge >= 0.3 is 0 Å². The molecule has 0 aliphatic carbocycles. The van der Waals surface area contributed by atoms with Gasteiger partial charge in [-0.3, -0.25) is 4.79 Å². The van der Waals surface area contributed by atoms with Gasteiger partial charge in [0.25, 0.3) is 5.91 Å². The van der Waals surface area contributed by atoms with Crippen molar-refractivity contribution in [3.8, 4) is 5.69 Å². The molecule has 2 N–H and O–H groups in total. The van der Waals surface area contributed by atoms with E-state index in [9.17, 15) is 4.79 Å². The van der Waals surface area contributed by atoms with Gasteiger partial charge < -0.3 is 15.4 Å². The number of amides is 1. The number of aromatic nitrogens is 2. The first-order chi connectivity index (χ1) is 10.7. The summed E-state index contributed by atoms with van der Waals surface area (Å²) in [6.07, 6.45) is 1.77. The van der Waals surface area contributed by atoms with Crippen molar-refractivity contribution >= 4 is 34.2 Å². The van der Waals surface area contributed by atoms with Gasteiger partial charge in [-0.2, -0.15) is 5.10 Å². The molecule has 0 aliphatic heterocycles. The Hall–Kier alpha value is -1.41. The standard InChI is InChI=1S/C15H19BrN4O2.ClH/c1-22-10-8-17-6-7-18-15(21)14-5-9-20(19-14)13-4-2-3-12(16)11-13;/h2-5,9,11,17H,6-8,10H2,1H3,(H,18,21);1H. The lowest BCUT2D eigenvalue weighted by molar-refractivity contribution is 0.0948. The molecule has 8 heteroatoms. The Balaban J connectivity index is 0.00000264. The van der Waals surface area contributed by atoms with Crippen LogP contribution in [-0.2, 0) is 4.74 Å². The molecule has 0 unspecified atom stereocenters. The SMILES string of the molecule is COCCNCCNC(=O)c1ccn(-c2cccc(Br)c2)n1.Cl. The Kier molecular flexibility index (Phi) is 8.86. The van der Waals surface area contributed by atoms with E-state index in [4.69, 9.17) is 4.74 Å². The van der Waals surface area contributed by atoms with Crippen molar-refractivity contribution in [2.75, 3.05) is 33.4 Å². The third kappa shape index (κ3) is 6.31. The summed E-state index contributed by atoms with van der Waals surface area (Å²) < 4.78 is 7.57. The van der Waals surface area contributed by atoms with Crippen LogP contribution in [0.2, 0.25) is 0 Å². The monoisotopic (exact) mass is 402 g/mol. The van der Waals surface area contributed by atoms with E-state index in [-0.39, 0.29) is 18.3 Å². The first-order valence-corrected chi connectivity index (χ1v) is 7.79. The van der Waals surface area contributed by atoms with E-state index in [0.29, 0.717) is 25.4 Å². The minimum Gasteiger partial charge on any atom is -0.383 e. The zero-order valence-corrected chi connectivity index (χ0v) is 15.2. The van der Waals surface area contributed by atoms with Crippen LogP contribution in [0.5, 0.6) is 0 Å². The average molecular weight is 404 g/mol. The zero-order chi connectivity index (χ0) is 15.8. The molecule has 0 saturated heterocycles. The van der Waals surface area contributed by atoms with Crippen LogP contribution >= 0.6 is 28.3 Å². The molecule has 0 fully saturated rings. The highest BCUT2D eigenvalue weighted by Gasteiger charge is 2.09. The Morgan fingerprint density at radius 1 is 1.30 bits per heavy atom. The molecule has 1 amide bonds. The fourth-order valence-corrected chi connectivity index (χ4v) is 2.25. The summed E-state index contributed by atoms with van der Waals surface area (Å²) in [5, 5.41) is 10.3. The molecule has 0 saturated carbocycles. The predicted molar refractivity (Wildman–Crippen MR) is 95.6 cm³/mol. The summed E-state index contributed by atoms with van der Waals surface area (Å²) in [4.78, 5) is 12.0. The molecule has 0 radical (unpaired) electrons. The molecule has 0 bridgehead atoms. The Bertz CT molecular complexity index is 621. The van der Waals surface area contributed by atoms with E-state index in [1.54, 1.807) is 24.1 Å². The summed E-state index contributed by atoms with van der Waals surface area (Å²) in [5.41, 5.74) is 1.30. The van der Waals surface area contributed by atoms with Gasteiger partial charge in [0, 0.05) is 37.4 Å². The molecule has 0 atom stereocenters. The van der Waals surface area contributed by atoms with Crippen LogP contribution in [0.4, 0.5) is 0 Å². The van der Waals surface area contributed by atoms with Crippen LogP contribution in [-0.4, -0.2) is 49.0 Å². The van der Waals surface area contributed by atoms with Gasteiger partial charge in [0.1, 0.15) is 0 Å². The van der Waals surface area contributed by atoms with E-state index in [2.05, 4.69) is 31.7 Å². The number of benzene rings is 1. The Labute approximate surface area is 150 Å². The van der Waals surface area contributed by atoms with Crippen molar-refractivity contribution in [2.24, 2.45) is 0 Å². The summed E-state index contributed by atoms with van der Waals surface area (Å²) in [5.74, 6) is -0.178. The van der Waals surface area contributed by atoms with Gasteiger partial charge in [-0.1, -0.05) is 22.0 Å². The van der Waals surface area contributed by atoms with E-state index in [1.165, 1.54) is 0 Å². The lowest BCUT2D eigenvalue weighted by atomic mass is 10.3. The number of carbonyl (C=O) groups is 1. The van der Waals surface area contributed by atoms with Gasteiger partial charge in [0.15, 0.2) is 5.69 Å². The highest BCUT2D eigenvalue weighted by Crippen LogP contribution is 2.14. The largest absolute Gasteiger partial charge is 0.383 e. The lowest BCUT2D eigenvalue weighted by Gasteiger charge is -2.05. The second-order valence-electron chi connectivity index (χ2n) is 4.62. The maximum Gasteiger partial charge on any atom is 0.271 e. The van der Waals surface area contributed by atoms with Crippen molar-refractivity contribution in [1.29, 1.82) is 0 Å². The van der Waals surface area contributed by atoms with Gasteiger partial charge in [-0.05, 0) is 24.3 Å². The van der Waals surface area contributed by atoms with Gasteiger partial charge in [0.05, 0.1) is 12.3 Å². The van der Waals surface area contributed by atoms with E-state index in [0.717, 1.165) is 16.7 Å².